The van der Waals surface area contributed by atoms with E-state index in [4.69, 9.17) is 42.6 Å². The molecule has 22 nitrogen and oxygen atoms in total. The van der Waals surface area contributed by atoms with Crippen molar-refractivity contribution in [1.29, 1.82) is 0 Å². The zero-order valence-corrected chi connectivity index (χ0v) is 79.5. The third-order valence-corrected chi connectivity index (χ3v) is 26.5. The molecule has 4 heterocycles. The van der Waals surface area contributed by atoms with Gasteiger partial charge in [0.25, 0.3) is 17.7 Å². The quantitative estimate of drug-likeness (QED) is 0.0279. The van der Waals surface area contributed by atoms with E-state index in [0.29, 0.717) is 63.9 Å². The van der Waals surface area contributed by atoms with E-state index in [-0.39, 0.29) is 109 Å². The highest BCUT2D eigenvalue weighted by Crippen LogP contribution is 2.43. The van der Waals surface area contributed by atoms with Crippen LogP contribution in [0.4, 0.5) is 0 Å². The highest BCUT2D eigenvalue weighted by molar-refractivity contribution is 5.91. The average Bonchev–Trinajstić information content (AvgIpc) is 1.66. The Hall–Kier alpha value is -13.7. The summed E-state index contributed by atoms with van der Waals surface area (Å²) in [6.07, 6.45) is 19.1. The molecular formula is C119H138N4O18. The molecule has 141 heavy (non-hydrogen) atoms. The van der Waals surface area contributed by atoms with Gasteiger partial charge in [-0.05, 0) is 157 Å². The number of aliphatic carboxylic acids is 2. The van der Waals surface area contributed by atoms with Crippen molar-refractivity contribution in [1.82, 2.24) is 20.0 Å². The van der Waals surface area contributed by atoms with Crippen LogP contribution in [-0.2, 0) is 136 Å². The standard InChI is InChI=1S/C32H35NO5.2C31H33NO5.C20H23NO3.C2H2.3CH4/c1-2-36-32(35)28-20-27-25(16-11-19-29(27)37-22-23-12-5-3-6-13-23)21-33(28)31(34)30(24-14-7-4-8-15-24)38-26-17-9-10-18-26;2*1-21-16-17-24-19-32(30(33)29(23-12-6-3-7-13-23)37-25-14-8-9-15-25)27(31(34)35)18-26(24)28(21)36-20-22-10-4-2-5-11-22;1-3-23-20(22)18-11-17-16(12-21-18)10-9-14(2)19(17)24-13-15-7-5-4-6-8-15;1-2;;;/h3-8,11-16,19,26,28,30H,2,9-10,17-18,20-22H2,1H3;2*2-7,10-13,16-17,25,27,29H,8-9,14-15,18-20H2,1H3,(H,34,35);4-10,18,21H,3,11-13H2,1-2H3;1-2H;3*1H4/t28?,30-;27-,29+;27-,29-;;;;;/m010...../s1. The van der Waals surface area contributed by atoms with E-state index in [9.17, 15) is 43.8 Å². The van der Waals surface area contributed by atoms with Crippen molar-refractivity contribution in [3.63, 3.8) is 0 Å². The van der Waals surface area contributed by atoms with Gasteiger partial charge < -0.3 is 72.9 Å². The van der Waals surface area contributed by atoms with E-state index in [2.05, 4.69) is 30.3 Å². The van der Waals surface area contributed by atoms with Crippen LogP contribution < -0.4 is 24.3 Å². The molecule has 3 fully saturated rings. The van der Waals surface area contributed by atoms with Crippen LogP contribution in [-0.4, -0.2) is 122 Å². The minimum atomic E-state index is -1.03. The smallest absolute Gasteiger partial charge is 0.329 e. The predicted molar refractivity (Wildman–Crippen MR) is 548 cm³/mol. The molecule has 3 N–H and O–H groups in total. The van der Waals surface area contributed by atoms with Crippen LogP contribution in [0.1, 0.15) is 232 Å². The topological polar surface area (TPSA) is 265 Å². The number of rotatable bonds is 30. The van der Waals surface area contributed by atoms with Crippen LogP contribution in [0, 0.1) is 33.6 Å². The van der Waals surface area contributed by atoms with Gasteiger partial charge in [0, 0.05) is 74.1 Å². The highest BCUT2D eigenvalue weighted by atomic mass is 16.5. The first-order valence-corrected chi connectivity index (χ1v) is 48.3. The number of esters is 2. The number of terminal acetylenes is 1. The van der Waals surface area contributed by atoms with Crippen molar-refractivity contribution in [2.45, 2.75) is 273 Å². The second-order valence-corrected chi connectivity index (χ2v) is 35.9. The van der Waals surface area contributed by atoms with Crippen LogP contribution in [0.25, 0.3) is 0 Å². The van der Waals surface area contributed by atoms with Crippen molar-refractivity contribution in [2.24, 2.45) is 0 Å². The Morgan fingerprint density at radius 3 is 0.965 bits per heavy atom. The zero-order chi connectivity index (χ0) is 96.8. The largest absolute Gasteiger partial charge is 0.489 e. The Morgan fingerprint density at radius 1 is 0.340 bits per heavy atom. The summed E-state index contributed by atoms with van der Waals surface area (Å²) in [5.41, 5.74) is 17.3. The van der Waals surface area contributed by atoms with E-state index >= 15 is 0 Å². The molecule has 18 rings (SSSR count). The van der Waals surface area contributed by atoms with E-state index in [1.165, 1.54) is 15.4 Å². The van der Waals surface area contributed by atoms with Crippen LogP contribution in [0.5, 0.6) is 23.0 Å². The summed E-state index contributed by atoms with van der Waals surface area (Å²) in [4.78, 5) is 97.0. The maximum Gasteiger partial charge on any atom is 0.329 e. The number of carboxylic acid groups (broad SMARTS) is 2. The molecule has 11 aromatic rings. The molecule has 7 aliphatic rings. The molecule has 0 spiro atoms. The number of aryl methyl sites for hydroxylation is 3. The average molecular weight is 1910 g/mol. The number of ether oxygens (including phenoxy) is 9. The molecule has 742 valence electrons. The van der Waals surface area contributed by atoms with Gasteiger partial charge in [0.05, 0.1) is 31.5 Å². The molecule has 2 unspecified atom stereocenters. The Morgan fingerprint density at radius 2 is 0.631 bits per heavy atom. The summed E-state index contributed by atoms with van der Waals surface area (Å²) in [5.74, 6) is -0.417. The van der Waals surface area contributed by atoms with E-state index in [1.54, 1.807) is 11.8 Å². The predicted octanol–water partition coefficient (Wildman–Crippen LogP) is 22.3. The van der Waals surface area contributed by atoms with Gasteiger partial charge >= 0.3 is 23.9 Å². The lowest BCUT2D eigenvalue weighted by atomic mass is 9.90. The number of hydrogen-bond donors (Lipinski definition) is 3. The molecule has 11 aromatic carbocycles. The lowest BCUT2D eigenvalue weighted by Gasteiger charge is -2.38. The first kappa shape index (κ1) is 108. The van der Waals surface area contributed by atoms with E-state index in [0.717, 1.165) is 183 Å². The molecular weight excluding hydrogens is 1770 g/mol. The molecule has 3 aliphatic carbocycles. The second-order valence-electron chi connectivity index (χ2n) is 35.9. The number of nitrogens with zero attached hydrogens (tertiary/aromatic N) is 3. The first-order chi connectivity index (χ1) is 67.3. The highest BCUT2D eigenvalue weighted by Gasteiger charge is 2.45. The van der Waals surface area contributed by atoms with E-state index in [1.807, 2.05) is 282 Å². The van der Waals surface area contributed by atoms with Gasteiger partial charge in [-0.15, -0.1) is 12.8 Å². The molecule has 7 atom stereocenters. The van der Waals surface area contributed by atoms with Gasteiger partial charge in [0.1, 0.15) is 73.6 Å². The summed E-state index contributed by atoms with van der Waals surface area (Å²) in [6.45, 7) is 13.3. The molecule has 3 saturated carbocycles. The lowest BCUT2D eigenvalue weighted by Crippen LogP contribution is -2.51. The third kappa shape index (κ3) is 28.2. The van der Waals surface area contributed by atoms with Crippen LogP contribution in [0.15, 0.2) is 267 Å². The number of amides is 3. The SMILES string of the molecule is C.C.C.C#C.CCOC(=O)C1Cc2c(ccc(C)c2OCc2ccccc2)CN1.CCOC(=O)C1Cc2c(cccc2OCc2ccccc2)CN1C(=O)[C@@H](OC1CCCC1)c1ccccc1.Cc1ccc2c(c1OCc1ccccc1)C[C@@H](C(=O)O)N(C(=O)[C@@H](OC1CCCC1)c1ccccc1)C2.Cc1ccc2c(c1OCc1ccccc1)C[C@H](C(=O)O)N(C(=O)[C@@H](OC1CCCC1)c1ccccc1)C2. The van der Waals surface area contributed by atoms with Gasteiger partial charge in [-0.1, -0.05) is 322 Å². The Bertz CT molecular complexity index is 5680. The number of benzene rings is 11. The number of fused-ring (bicyclic) bond motifs is 4. The minimum Gasteiger partial charge on any atom is -0.489 e. The normalized spacial score (nSPS) is 17.3. The Kier molecular flexibility index (Phi) is 41.0. The molecule has 3 amide bonds. The zero-order valence-electron chi connectivity index (χ0n) is 79.5. The van der Waals surface area contributed by atoms with Gasteiger partial charge in [0.2, 0.25) is 0 Å². The molecule has 22 heteroatoms. The number of carbonyl (C=O) groups is 7. The summed E-state index contributed by atoms with van der Waals surface area (Å²) < 4.78 is 54.5. The minimum absolute atomic E-state index is 0. The fourth-order valence-electron chi connectivity index (χ4n) is 19.3. The second kappa shape index (κ2) is 53.6. The molecule has 0 bridgehead atoms. The summed E-state index contributed by atoms with van der Waals surface area (Å²) in [6, 6.07) is 83.2. The van der Waals surface area contributed by atoms with Crippen LogP contribution in [0.2, 0.25) is 0 Å². The van der Waals surface area contributed by atoms with Gasteiger partial charge in [-0.2, -0.15) is 0 Å². The fraction of sp³-hybridized carbons (Fsp3) is 0.370. The van der Waals surface area contributed by atoms with Crippen molar-refractivity contribution in [3.8, 4) is 35.8 Å². The maximum atomic E-state index is 14.2. The summed E-state index contributed by atoms with van der Waals surface area (Å²) in [5, 5.41) is 23.7. The number of carbonyl (C=O) groups excluding carboxylic acids is 5. The molecule has 4 aliphatic heterocycles. The van der Waals surface area contributed by atoms with Crippen LogP contribution >= 0.6 is 0 Å². The number of nitrogens with one attached hydrogen (secondary N) is 1. The summed E-state index contributed by atoms with van der Waals surface area (Å²) >= 11 is 0. The van der Waals surface area contributed by atoms with Crippen molar-refractivity contribution >= 4 is 41.6 Å². The number of carboxylic acids is 2. The molecule has 0 radical (unpaired) electrons. The number of hydrogen-bond acceptors (Lipinski definition) is 17. The molecule has 0 saturated heterocycles. The van der Waals surface area contributed by atoms with Crippen molar-refractivity contribution in [2.75, 3.05) is 13.2 Å². The lowest BCUT2D eigenvalue weighted by molar-refractivity contribution is -0.163. The maximum absolute atomic E-state index is 14.2. The van der Waals surface area contributed by atoms with Crippen molar-refractivity contribution in [3.05, 3.63) is 367 Å². The monoisotopic (exact) mass is 1910 g/mol. The van der Waals surface area contributed by atoms with Gasteiger partial charge in [0.15, 0.2) is 18.3 Å². The van der Waals surface area contributed by atoms with Gasteiger partial charge in [-0.3, -0.25) is 19.2 Å². The third-order valence-electron chi connectivity index (χ3n) is 26.5. The first-order valence-electron chi connectivity index (χ1n) is 48.3. The van der Waals surface area contributed by atoms with Crippen LogP contribution in [0.3, 0.4) is 0 Å². The Balaban J connectivity index is 0.000000179. The molecule has 0 aromatic heterocycles. The van der Waals surface area contributed by atoms with E-state index < -0.39 is 54.3 Å². The van der Waals surface area contributed by atoms with Gasteiger partial charge in [-0.25, -0.2) is 14.4 Å². The fourth-order valence-corrected chi connectivity index (χ4v) is 19.3. The van der Waals surface area contributed by atoms with Crippen molar-refractivity contribution < 1.29 is 86.4 Å². The summed E-state index contributed by atoms with van der Waals surface area (Å²) in [7, 11) is 0. The Labute approximate surface area is 832 Å².